The lowest BCUT2D eigenvalue weighted by atomic mass is 10.1. The van der Waals surface area contributed by atoms with Crippen LogP contribution in [0, 0.1) is 17.3 Å². The Kier molecular flexibility index (Phi) is 2.90. The number of nitrogens with zero attached hydrogens (tertiary/aromatic N) is 2. The van der Waals surface area contributed by atoms with E-state index in [1.807, 2.05) is 0 Å². The van der Waals surface area contributed by atoms with E-state index in [4.69, 9.17) is 10.4 Å². The number of carbonyl (C=O) groups is 1. The third-order valence-corrected chi connectivity index (χ3v) is 1.58. The zero-order valence-corrected chi connectivity index (χ0v) is 7.04. The molecule has 1 rings (SSSR count). The minimum atomic E-state index is -3.30. The van der Waals surface area contributed by atoms with Gasteiger partial charge in [-0.3, -0.25) is 0 Å². The average molecular weight is 216 g/mol. The standard InChI is InChI=1S/C8H3F3N2O2/c9-6(10)5-4(8(14)15)1-3(2-12)13-7(5)11/h1,6H,(H,14,15). The molecule has 0 aliphatic rings. The van der Waals surface area contributed by atoms with E-state index in [1.165, 1.54) is 6.07 Å². The molecule has 0 bridgehead atoms. The molecule has 0 aromatic carbocycles. The number of hydrogen-bond acceptors (Lipinski definition) is 3. The van der Waals surface area contributed by atoms with Crippen molar-refractivity contribution in [1.82, 2.24) is 4.98 Å². The molecule has 0 amide bonds. The molecule has 4 nitrogen and oxygen atoms in total. The fourth-order valence-corrected chi connectivity index (χ4v) is 0.966. The monoisotopic (exact) mass is 216 g/mol. The normalized spacial score (nSPS) is 10.1. The Balaban J connectivity index is 3.51. The number of hydrogen-bond donors (Lipinski definition) is 1. The van der Waals surface area contributed by atoms with Gasteiger partial charge in [0.05, 0.1) is 11.1 Å². The molecule has 78 valence electrons. The summed E-state index contributed by atoms with van der Waals surface area (Å²) in [5.74, 6) is -3.37. The molecule has 7 heteroatoms. The Morgan fingerprint density at radius 1 is 1.60 bits per heavy atom. The van der Waals surface area contributed by atoms with Crippen LogP contribution in [0.4, 0.5) is 13.2 Å². The number of pyridine rings is 1. The van der Waals surface area contributed by atoms with Crippen molar-refractivity contribution in [2.24, 2.45) is 0 Å². The molecule has 1 aromatic rings. The van der Waals surface area contributed by atoms with Gasteiger partial charge in [-0.2, -0.15) is 9.65 Å². The number of aromatic carboxylic acids is 1. The van der Waals surface area contributed by atoms with Crippen LogP contribution in [0.5, 0.6) is 0 Å². The van der Waals surface area contributed by atoms with Crippen molar-refractivity contribution in [3.05, 3.63) is 28.8 Å². The summed E-state index contributed by atoms with van der Waals surface area (Å²) in [6, 6.07) is 1.97. The molecule has 0 aliphatic heterocycles. The van der Waals surface area contributed by atoms with E-state index < -0.39 is 35.2 Å². The van der Waals surface area contributed by atoms with E-state index in [0.717, 1.165) is 0 Å². The quantitative estimate of drug-likeness (QED) is 0.764. The molecule has 15 heavy (non-hydrogen) atoms. The first-order chi connectivity index (χ1) is 6.97. The average Bonchev–Trinajstić information content (AvgIpc) is 2.15. The smallest absolute Gasteiger partial charge is 0.336 e. The van der Waals surface area contributed by atoms with Crippen LogP contribution >= 0.6 is 0 Å². The van der Waals surface area contributed by atoms with Crippen LogP contribution in [0.1, 0.15) is 28.0 Å². The van der Waals surface area contributed by atoms with Crippen molar-refractivity contribution >= 4 is 5.97 Å². The fraction of sp³-hybridized carbons (Fsp3) is 0.125. The number of aromatic nitrogens is 1. The lowest BCUT2D eigenvalue weighted by molar-refractivity contribution is 0.0681. The predicted molar refractivity (Wildman–Crippen MR) is 40.8 cm³/mol. The molecule has 0 aliphatic carbocycles. The maximum Gasteiger partial charge on any atom is 0.336 e. The molecule has 0 atom stereocenters. The van der Waals surface area contributed by atoms with Gasteiger partial charge in [-0.05, 0) is 6.07 Å². The summed E-state index contributed by atoms with van der Waals surface area (Å²) in [5, 5.41) is 16.9. The van der Waals surface area contributed by atoms with Crippen molar-refractivity contribution in [1.29, 1.82) is 5.26 Å². The maximum absolute atomic E-state index is 12.9. The second-order valence-electron chi connectivity index (χ2n) is 2.48. The van der Waals surface area contributed by atoms with Crippen LogP contribution < -0.4 is 0 Å². The van der Waals surface area contributed by atoms with Gasteiger partial charge in [0, 0.05) is 0 Å². The Bertz CT molecular complexity index is 454. The fourth-order valence-electron chi connectivity index (χ4n) is 0.966. The van der Waals surface area contributed by atoms with Gasteiger partial charge in [-0.25, -0.2) is 18.6 Å². The Morgan fingerprint density at radius 3 is 2.60 bits per heavy atom. The van der Waals surface area contributed by atoms with E-state index in [-0.39, 0.29) is 0 Å². The van der Waals surface area contributed by atoms with Gasteiger partial charge in [-0.15, -0.1) is 0 Å². The van der Waals surface area contributed by atoms with Crippen molar-refractivity contribution in [3.8, 4) is 6.07 Å². The van der Waals surface area contributed by atoms with Crippen molar-refractivity contribution in [2.75, 3.05) is 0 Å². The molecule has 1 aromatic heterocycles. The van der Waals surface area contributed by atoms with Crippen molar-refractivity contribution in [2.45, 2.75) is 6.43 Å². The molecule has 0 saturated carbocycles. The first-order valence-electron chi connectivity index (χ1n) is 3.59. The lowest BCUT2D eigenvalue weighted by Crippen LogP contribution is -2.08. The van der Waals surface area contributed by atoms with Crippen LogP contribution in [-0.4, -0.2) is 16.1 Å². The van der Waals surface area contributed by atoms with Gasteiger partial charge in [0.2, 0.25) is 5.95 Å². The molecular formula is C8H3F3N2O2. The molecule has 1 heterocycles. The highest BCUT2D eigenvalue weighted by Crippen LogP contribution is 2.25. The topological polar surface area (TPSA) is 74.0 Å². The summed E-state index contributed by atoms with van der Waals surface area (Å²) in [7, 11) is 0. The summed E-state index contributed by atoms with van der Waals surface area (Å²) >= 11 is 0. The van der Waals surface area contributed by atoms with E-state index >= 15 is 0 Å². The minimum absolute atomic E-state index is 0.561. The van der Waals surface area contributed by atoms with Gasteiger partial charge >= 0.3 is 5.97 Å². The molecule has 0 saturated heterocycles. The van der Waals surface area contributed by atoms with Crippen molar-refractivity contribution < 1.29 is 23.1 Å². The van der Waals surface area contributed by atoms with Gasteiger partial charge in [0.25, 0.3) is 6.43 Å². The Hall–Kier alpha value is -2.10. The lowest BCUT2D eigenvalue weighted by Gasteiger charge is -2.05. The first-order valence-corrected chi connectivity index (χ1v) is 3.59. The Morgan fingerprint density at radius 2 is 2.20 bits per heavy atom. The van der Waals surface area contributed by atoms with Crippen LogP contribution in [0.15, 0.2) is 6.07 Å². The molecule has 0 fully saturated rings. The van der Waals surface area contributed by atoms with E-state index in [9.17, 15) is 18.0 Å². The van der Waals surface area contributed by atoms with Gasteiger partial charge in [0.1, 0.15) is 11.8 Å². The van der Waals surface area contributed by atoms with Gasteiger partial charge < -0.3 is 5.11 Å². The third kappa shape index (κ3) is 2.04. The SMILES string of the molecule is N#Cc1cc(C(=O)O)c(C(F)F)c(F)n1. The zero-order valence-electron chi connectivity index (χ0n) is 7.04. The largest absolute Gasteiger partial charge is 0.478 e. The summed E-state index contributed by atoms with van der Waals surface area (Å²) in [4.78, 5) is 13.4. The minimum Gasteiger partial charge on any atom is -0.478 e. The van der Waals surface area contributed by atoms with Gasteiger partial charge in [0.15, 0.2) is 0 Å². The molecule has 1 N–H and O–H groups in total. The van der Waals surface area contributed by atoms with Crippen LogP contribution in [0.2, 0.25) is 0 Å². The molecule has 0 spiro atoms. The Labute approximate surface area is 81.6 Å². The molecule has 0 radical (unpaired) electrons. The number of halogens is 3. The number of rotatable bonds is 2. The summed E-state index contributed by atoms with van der Waals surface area (Å²) in [6.07, 6.45) is -3.30. The highest BCUT2D eigenvalue weighted by Gasteiger charge is 2.24. The predicted octanol–water partition coefficient (Wildman–Crippen LogP) is 1.73. The van der Waals surface area contributed by atoms with Crippen molar-refractivity contribution in [3.63, 3.8) is 0 Å². The van der Waals surface area contributed by atoms with E-state index in [0.29, 0.717) is 6.07 Å². The third-order valence-electron chi connectivity index (χ3n) is 1.58. The second kappa shape index (κ2) is 3.96. The number of alkyl halides is 2. The van der Waals surface area contributed by atoms with Crippen LogP contribution in [0.3, 0.4) is 0 Å². The highest BCUT2D eigenvalue weighted by atomic mass is 19.3. The summed E-state index contributed by atoms with van der Waals surface area (Å²) < 4.78 is 37.4. The number of nitriles is 1. The van der Waals surface area contributed by atoms with Crippen LogP contribution in [-0.2, 0) is 0 Å². The molecular weight excluding hydrogens is 213 g/mol. The maximum atomic E-state index is 12.9. The summed E-state index contributed by atoms with van der Waals surface area (Å²) in [5.41, 5.74) is -2.81. The highest BCUT2D eigenvalue weighted by molar-refractivity contribution is 5.89. The molecule has 0 unspecified atom stereocenters. The second-order valence-corrected chi connectivity index (χ2v) is 2.48. The van der Waals surface area contributed by atoms with Gasteiger partial charge in [-0.1, -0.05) is 0 Å². The van der Waals surface area contributed by atoms with E-state index in [1.54, 1.807) is 0 Å². The van der Waals surface area contributed by atoms with Crippen LogP contribution in [0.25, 0.3) is 0 Å². The first kappa shape index (κ1) is 11.0. The van der Waals surface area contributed by atoms with E-state index in [2.05, 4.69) is 4.98 Å². The number of carboxylic acid groups (broad SMARTS) is 1. The summed E-state index contributed by atoms with van der Waals surface area (Å²) in [6.45, 7) is 0. The number of carboxylic acids is 1. The zero-order chi connectivity index (χ0) is 11.6.